The van der Waals surface area contributed by atoms with Gasteiger partial charge in [-0.15, -0.1) is 11.6 Å². The van der Waals surface area contributed by atoms with Crippen LogP contribution in [0.15, 0.2) is 23.8 Å². The van der Waals surface area contributed by atoms with Crippen molar-refractivity contribution in [3.05, 3.63) is 23.8 Å². The third kappa shape index (κ3) is 3.97. The molecule has 2 aliphatic carbocycles. The maximum absolute atomic E-state index is 10.2. The highest BCUT2D eigenvalue weighted by molar-refractivity contribution is 6.23. The number of fused-ring (bicyclic) bond motifs is 1. The van der Waals surface area contributed by atoms with Gasteiger partial charge in [-0.2, -0.15) is 0 Å². The molecule has 2 rings (SSSR count). The second kappa shape index (κ2) is 6.69. The molecule has 0 amide bonds. The second-order valence-electron chi connectivity index (χ2n) is 8.48. The maximum atomic E-state index is 10.2. The highest BCUT2D eigenvalue weighted by atomic mass is 35.5. The lowest BCUT2D eigenvalue weighted by Crippen LogP contribution is -2.47. The van der Waals surface area contributed by atoms with E-state index in [1.165, 1.54) is 30.4 Å². The van der Waals surface area contributed by atoms with Crippen LogP contribution in [-0.2, 0) is 0 Å². The number of hydrogen-bond donors (Lipinski definition) is 1. The zero-order chi connectivity index (χ0) is 16.5. The standard InChI is InChI=1S/C20H33ClO/c1-14-7-6-8-15(2)16-13-20(5,17(16)10-9-14)12-11-18(22)19(3,4)21/h7,16-18,22H,2,6,8-13H2,1,3-5H3/b14-7+/t16-,17-,18?,20-/m1/s1. The smallest absolute Gasteiger partial charge is 0.0726 e. The normalized spacial score (nSPS) is 37.0. The van der Waals surface area contributed by atoms with Gasteiger partial charge in [0.15, 0.2) is 0 Å². The van der Waals surface area contributed by atoms with Gasteiger partial charge in [-0.1, -0.05) is 30.7 Å². The van der Waals surface area contributed by atoms with Crippen LogP contribution in [0, 0.1) is 17.3 Å². The summed E-state index contributed by atoms with van der Waals surface area (Å²) in [6, 6.07) is 0. The van der Waals surface area contributed by atoms with Crippen molar-refractivity contribution in [1.29, 1.82) is 0 Å². The maximum Gasteiger partial charge on any atom is 0.0726 e. The molecule has 0 aromatic rings. The van der Waals surface area contributed by atoms with Crippen molar-refractivity contribution in [2.24, 2.45) is 17.3 Å². The lowest BCUT2D eigenvalue weighted by Gasteiger charge is -2.55. The summed E-state index contributed by atoms with van der Waals surface area (Å²) in [7, 11) is 0. The predicted molar refractivity (Wildman–Crippen MR) is 96.2 cm³/mol. The molecule has 1 nitrogen and oxygen atoms in total. The highest BCUT2D eigenvalue weighted by Gasteiger charge is 2.50. The molecule has 0 aliphatic heterocycles. The van der Waals surface area contributed by atoms with E-state index in [9.17, 15) is 5.11 Å². The molecule has 22 heavy (non-hydrogen) atoms. The fraction of sp³-hybridized carbons (Fsp3) is 0.800. The second-order valence-corrected chi connectivity index (χ2v) is 9.45. The summed E-state index contributed by atoms with van der Waals surface area (Å²) in [6.45, 7) is 12.8. The Morgan fingerprint density at radius 1 is 1.45 bits per heavy atom. The number of aliphatic hydroxyl groups is 1. The number of rotatable bonds is 4. The molecular weight excluding hydrogens is 292 g/mol. The van der Waals surface area contributed by atoms with Crippen LogP contribution in [0.4, 0.5) is 0 Å². The number of halogens is 1. The Labute approximate surface area is 141 Å². The predicted octanol–water partition coefficient (Wildman–Crippen LogP) is 5.86. The topological polar surface area (TPSA) is 20.2 Å². The summed E-state index contributed by atoms with van der Waals surface area (Å²) in [5.74, 6) is 1.43. The van der Waals surface area contributed by atoms with E-state index in [0.717, 1.165) is 31.6 Å². The monoisotopic (exact) mass is 324 g/mol. The molecule has 0 radical (unpaired) electrons. The van der Waals surface area contributed by atoms with E-state index in [4.69, 9.17) is 11.6 Å². The van der Waals surface area contributed by atoms with E-state index in [1.54, 1.807) is 0 Å². The summed E-state index contributed by atoms with van der Waals surface area (Å²) in [6.07, 6.45) is 9.87. The quantitative estimate of drug-likeness (QED) is 0.507. The zero-order valence-electron chi connectivity index (χ0n) is 14.8. The molecule has 0 spiro atoms. The van der Waals surface area contributed by atoms with Gasteiger partial charge in [0, 0.05) is 0 Å². The van der Waals surface area contributed by atoms with Crippen LogP contribution < -0.4 is 0 Å². The lowest BCUT2D eigenvalue weighted by molar-refractivity contribution is -0.0336. The van der Waals surface area contributed by atoms with E-state index in [-0.39, 0.29) is 0 Å². The molecule has 0 aromatic carbocycles. The molecule has 1 unspecified atom stereocenters. The van der Waals surface area contributed by atoms with Gasteiger partial charge in [-0.25, -0.2) is 0 Å². The van der Waals surface area contributed by atoms with Crippen LogP contribution in [0.3, 0.4) is 0 Å². The van der Waals surface area contributed by atoms with Crippen LogP contribution in [0.1, 0.15) is 72.6 Å². The average molecular weight is 325 g/mol. The van der Waals surface area contributed by atoms with Gasteiger partial charge in [0.1, 0.15) is 0 Å². The molecule has 0 aromatic heterocycles. The van der Waals surface area contributed by atoms with Crippen molar-refractivity contribution < 1.29 is 5.11 Å². The molecule has 0 heterocycles. The van der Waals surface area contributed by atoms with Crippen molar-refractivity contribution in [3.8, 4) is 0 Å². The third-order valence-electron chi connectivity index (χ3n) is 6.18. The van der Waals surface area contributed by atoms with Crippen molar-refractivity contribution in [3.63, 3.8) is 0 Å². The number of aliphatic hydroxyl groups excluding tert-OH is 1. The van der Waals surface area contributed by atoms with E-state index in [1.807, 2.05) is 13.8 Å². The van der Waals surface area contributed by atoms with Crippen molar-refractivity contribution in [1.82, 2.24) is 0 Å². The zero-order valence-corrected chi connectivity index (χ0v) is 15.5. The molecule has 0 bridgehead atoms. The lowest BCUT2D eigenvalue weighted by atomic mass is 9.49. The SMILES string of the molecule is C=C1CC/C=C(\C)CC[C@@H]2[C@@H]1C[C@@]2(C)CCC(O)C(C)(C)Cl. The minimum atomic E-state index is -0.527. The fourth-order valence-electron chi connectivity index (χ4n) is 4.37. The van der Waals surface area contributed by atoms with Crippen LogP contribution in [0.25, 0.3) is 0 Å². The Morgan fingerprint density at radius 3 is 2.77 bits per heavy atom. The Morgan fingerprint density at radius 2 is 2.14 bits per heavy atom. The van der Waals surface area contributed by atoms with Crippen molar-refractivity contribution >= 4 is 11.6 Å². The van der Waals surface area contributed by atoms with Gasteiger partial charge in [0.2, 0.25) is 0 Å². The van der Waals surface area contributed by atoms with Gasteiger partial charge >= 0.3 is 0 Å². The van der Waals surface area contributed by atoms with Gasteiger partial charge in [-0.3, -0.25) is 0 Å². The molecule has 4 atom stereocenters. The number of allylic oxidation sites excluding steroid dienone is 3. The van der Waals surface area contributed by atoms with Crippen LogP contribution >= 0.6 is 11.6 Å². The molecule has 2 aliphatic rings. The Kier molecular flexibility index (Phi) is 5.50. The summed E-state index contributed by atoms with van der Waals surface area (Å²) in [4.78, 5) is -0.527. The molecule has 1 fully saturated rings. The molecule has 1 N–H and O–H groups in total. The minimum Gasteiger partial charge on any atom is -0.391 e. The van der Waals surface area contributed by atoms with Crippen LogP contribution in [0.2, 0.25) is 0 Å². The first-order valence-corrected chi connectivity index (χ1v) is 9.21. The van der Waals surface area contributed by atoms with Gasteiger partial charge in [0.05, 0.1) is 11.0 Å². The van der Waals surface area contributed by atoms with E-state index in [0.29, 0.717) is 11.3 Å². The molecular formula is C20H33ClO. The van der Waals surface area contributed by atoms with E-state index < -0.39 is 11.0 Å². The van der Waals surface area contributed by atoms with Crippen molar-refractivity contribution in [2.75, 3.05) is 0 Å². The summed E-state index contributed by atoms with van der Waals surface area (Å²) >= 11 is 6.25. The fourth-order valence-corrected chi connectivity index (χ4v) is 4.48. The largest absolute Gasteiger partial charge is 0.391 e. The van der Waals surface area contributed by atoms with Gasteiger partial charge in [0.25, 0.3) is 0 Å². The van der Waals surface area contributed by atoms with Crippen molar-refractivity contribution in [2.45, 2.75) is 83.6 Å². The minimum absolute atomic E-state index is 0.349. The molecule has 126 valence electrons. The number of alkyl halides is 1. The Bertz CT molecular complexity index is 445. The Balaban J connectivity index is 2.00. The van der Waals surface area contributed by atoms with E-state index in [2.05, 4.69) is 26.5 Å². The van der Waals surface area contributed by atoms with E-state index >= 15 is 0 Å². The molecule has 2 heteroatoms. The highest BCUT2D eigenvalue weighted by Crippen LogP contribution is 2.59. The van der Waals surface area contributed by atoms with Crippen LogP contribution in [0.5, 0.6) is 0 Å². The summed E-state index contributed by atoms with van der Waals surface area (Å²) < 4.78 is 0. The number of hydrogen-bond acceptors (Lipinski definition) is 1. The Hall–Kier alpha value is -0.270. The first-order chi connectivity index (χ1) is 10.1. The summed E-state index contributed by atoms with van der Waals surface area (Å²) in [5.41, 5.74) is 3.33. The van der Waals surface area contributed by atoms with Gasteiger partial charge in [-0.05, 0) is 83.0 Å². The first kappa shape index (κ1) is 18.1. The first-order valence-electron chi connectivity index (χ1n) is 8.84. The van der Waals surface area contributed by atoms with Gasteiger partial charge < -0.3 is 5.11 Å². The molecule has 1 saturated carbocycles. The third-order valence-corrected chi connectivity index (χ3v) is 6.43. The summed E-state index contributed by atoms with van der Waals surface area (Å²) in [5, 5.41) is 10.2. The van der Waals surface area contributed by atoms with Crippen LogP contribution in [-0.4, -0.2) is 16.1 Å². The molecule has 0 saturated heterocycles. The average Bonchev–Trinajstić information content (AvgIpc) is 2.45.